The van der Waals surface area contributed by atoms with Crippen LogP contribution in [0.1, 0.15) is 12.2 Å². The summed E-state index contributed by atoms with van der Waals surface area (Å²) in [4.78, 5) is 35.2. The van der Waals surface area contributed by atoms with Crippen molar-refractivity contribution in [3.05, 3.63) is 22.1 Å². The van der Waals surface area contributed by atoms with Crippen molar-refractivity contribution < 1.29 is 19.6 Å². The minimum absolute atomic E-state index is 0.101. The molecule has 1 rings (SSSR count). The van der Waals surface area contributed by atoms with Crippen LogP contribution in [0.5, 0.6) is 0 Å². The van der Waals surface area contributed by atoms with Crippen molar-refractivity contribution in [3.8, 4) is 0 Å². The number of aryl methyl sites for hydroxylation is 1. The number of carboxylic acids is 1. The van der Waals surface area contributed by atoms with Gasteiger partial charge in [-0.25, -0.2) is 9.55 Å². The lowest BCUT2D eigenvalue weighted by molar-refractivity contribution is -0.392. The van der Waals surface area contributed by atoms with E-state index in [0.29, 0.717) is 5.82 Å². The first-order valence-corrected chi connectivity index (χ1v) is 5.07. The highest BCUT2D eigenvalue weighted by Crippen LogP contribution is 2.12. The van der Waals surface area contributed by atoms with E-state index in [9.17, 15) is 19.7 Å². The number of carbonyl (C=O) groups excluding carboxylic acids is 1. The normalized spacial score (nSPS) is 10.1. The molecule has 0 spiro atoms. The first kappa shape index (κ1) is 13.6. The van der Waals surface area contributed by atoms with Gasteiger partial charge in [0, 0.05) is 6.92 Å². The minimum atomic E-state index is -1.22. The number of nitrogens with one attached hydrogen (secondary N) is 1. The molecule has 0 saturated carbocycles. The molecule has 1 aromatic heterocycles. The van der Waals surface area contributed by atoms with E-state index in [2.05, 4.69) is 10.3 Å². The van der Waals surface area contributed by atoms with Crippen LogP contribution in [-0.2, 0) is 16.1 Å². The fraction of sp³-hybridized carbons (Fsp3) is 0.444. The molecule has 0 saturated heterocycles. The summed E-state index contributed by atoms with van der Waals surface area (Å²) < 4.78 is 1.33. The quantitative estimate of drug-likeness (QED) is 0.408. The predicted octanol–water partition coefficient (Wildman–Crippen LogP) is -0.309. The molecule has 0 aliphatic carbocycles. The van der Waals surface area contributed by atoms with Gasteiger partial charge in [0.25, 0.3) is 0 Å². The number of amides is 1. The first-order chi connectivity index (χ1) is 8.41. The SMILES string of the molecule is Cc1ncc([N+](=O)[O-])n1CCNC(=O)CC(=O)O. The number of aliphatic carboxylic acids is 1. The molecule has 0 unspecified atom stereocenters. The number of rotatable bonds is 6. The number of aromatic nitrogens is 2. The second-order valence-corrected chi connectivity index (χ2v) is 3.49. The van der Waals surface area contributed by atoms with E-state index in [1.165, 1.54) is 4.57 Å². The van der Waals surface area contributed by atoms with Gasteiger partial charge in [-0.15, -0.1) is 0 Å². The van der Waals surface area contributed by atoms with Gasteiger partial charge in [0.1, 0.15) is 19.2 Å². The van der Waals surface area contributed by atoms with Gasteiger partial charge >= 0.3 is 11.8 Å². The van der Waals surface area contributed by atoms with Crippen molar-refractivity contribution in [2.24, 2.45) is 0 Å². The fourth-order valence-electron chi connectivity index (χ4n) is 1.39. The second-order valence-electron chi connectivity index (χ2n) is 3.49. The number of nitrogens with zero attached hydrogens (tertiary/aromatic N) is 3. The lowest BCUT2D eigenvalue weighted by Gasteiger charge is -2.04. The van der Waals surface area contributed by atoms with Crippen molar-refractivity contribution >= 4 is 17.7 Å². The molecule has 1 aromatic rings. The van der Waals surface area contributed by atoms with Crippen LogP contribution in [0, 0.1) is 17.0 Å². The average Bonchev–Trinajstić information content (AvgIpc) is 2.59. The minimum Gasteiger partial charge on any atom is -0.481 e. The van der Waals surface area contributed by atoms with Gasteiger partial charge in [0.2, 0.25) is 5.91 Å². The Morgan fingerprint density at radius 2 is 2.28 bits per heavy atom. The Labute approximate surface area is 102 Å². The van der Waals surface area contributed by atoms with E-state index in [1.54, 1.807) is 6.92 Å². The van der Waals surface area contributed by atoms with E-state index >= 15 is 0 Å². The third kappa shape index (κ3) is 3.54. The summed E-state index contributed by atoms with van der Waals surface area (Å²) in [5.74, 6) is -1.57. The molecule has 9 nitrogen and oxygen atoms in total. The third-order valence-corrected chi connectivity index (χ3v) is 2.19. The molecule has 0 fully saturated rings. The molecule has 0 aliphatic heterocycles. The van der Waals surface area contributed by atoms with Crippen molar-refractivity contribution in [1.29, 1.82) is 0 Å². The van der Waals surface area contributed by atoms with Crippen molar-refractivity contribution in [1.82, 2.24) is 14.9 Å². The zero-order chi connectivity index (χ0) is 13.7. The van der Waals surface area contributed by atoms with Crippen molar-refractivity contribution in [2.45, 2.75) is 19.9 Å². The summed E-state index contributed by atoms with van der Waals surface area (Å²) in [5.41, 5.74) is 0. The summed E-state index contributed by atoms with van der Waals surface area (Å²) in [6.45, 7) is 1.86. The Kier molecular flexibility index (Phi) is 4.35. The molecule has 2 N–H and O–H groups in total. The van der Waals surface area contributed by atoms with Crippen LogP contribution in [0.3, 0.4) is 0 Å². The molecule has 9 heteroatoms. The molecular weight excluding hydrogens is 244 g/mol. The highest BCUT2D eigenvalue weighted by Gasteiger charge is 2.17. The standard InChI is InChI=1S/C9H12N4O5/c1-6-11-5-8(13(17)18)12(6)3-2-10-7(14)4-9(15)16/h5H,2-4H2,1H3,(H,10,14)(H,15,16). The molecule has 1 heterocycles. The van der Waals surface area contributed by atoms with Crippen LogP contribution in [0.25, 0.3) is 0 Å². The molecule has 0 aliphatic rings. The maximum atomic E-state index is 11.0. The Morgan fingerprint density at radius 1 is 1.61 bits per heavy atom. The van der Waals surface area contributed by atoms with Gasteiger partial charge in [0.15, 0.2) is 5.82 Å². The molecule has 0 bridgehead atoms. The smallest absolute Gasteiger partial charge is 0.342 e. The van der Waals surface area contributed by atoms with Gasteiger partial charge in [-0.05, 0) is 4.92 Å². The van der Waals surface area contributed by atoms with Gasteiger partial charge in [-0.3, -0.25) is 9.59 Å². The lowest BCUT2D eigenvalue weighted by atomic mass is 10.4. The zero-order valence-corrected chi connectivity index (χ0v) is 9.62. The molecule has 98 valence electrons. The molecule has 1 amide bonds. The first-order valence-electron chi connectivity index (χ1n) is 5.07. The maximum Gasteiger partial charge on any atom is 0.342 e. The monoisotopic (exact) mass is 256 g/mol. The maximum absolute atomic E-state index is 11.0. The van der Waals surface area contributed by atoms with Crippen molar-refractivity contribution in [2.75, 3.05) is 6.54 Å². The van der Waals surface area contributed by atoms with Crippen LogP contribution in [-0.4, -0.2) is 38.0 Å². The van der Waals surface area contributed by atoms with Crippen LogP contribution in [0.15, 0.2) is 6.20 Å². The van der Waals surface area contributed by atoms with Gasteiger partial charge in [-0.1, -0.05) is 0 Å². The number of carboxylic acid groups (broad SMARTS) is 1. The zero-order valence-electron chi connectivity index (χ0n) is 9.62. The largest absolute Gasteiger partial charge is 0.481 e. The van der Waals surface area contributed by atoms with E-state index in [4.69, 9.17) is 5.11 Å². The Hall–Kier alpha value is -2.45. The van der Waals surface area contributed by atoms with Crippen LogP contribution >= 0.6 is 0 Å². The average molecular weight is 256 g/mol. The van der Waals surface area contributed by atoms with E-state index in [-0.39, 0.29) is 18.9 Å². The van der Waals surface area contributed by atoms with E-state index < -0.39 is 23.2 Å². The summed E-state index contributed by atoms with van der Waals surface area (Å²) in [5, 5.41) is 21.4. The van der Waals surface area contributed by atoms with E-state index in [1.807, 2.05) is 0 Å². The van der Waals surface area contributed by atoms with Crippen LogP contribution in [0.2, 0.25) is 0 Å². The van der Waals surface area contributed by atoms with Gasteiger partial charge in [0.05, 0.1) is 6.54 Å². The number of imidazole rings is 1. The summed E-state index contributed by atoms with van der Waals surface area (Å²) >= 11 is 0. The number of hydrogen-bond donors (Lipinski definition) is 2. The van der Waals surface area contributed by atoms with E-state index in [0.717, 1.165) is 6.20 Å². The molecule has 0 atom stereocenters. The topological polar surface area (TPSA) is 127 Å². The Morgan fingerprint density at radius 3 is 2.83 bits per heavy atom. The lowest BCUT2D eigenvalue weighted by Crippen LogP contribution is -2.29. The Balaban J connectivity index is 2.54. The summed E-state index contributed by atoms with van der Waals surface area (Å²) in [6, 6.07) is 0. The molecule has 18 heavy (non-hydrogen) atoms. The Bertz CT molecular complexity index is 481. The molecule has 0 aromatic carbocycles. The highest BCUT2D eigenvalue weighted by molar-refractivity contribution is 5.93. The third-order valence-electron chi connectivity index (χ3n) is 2.19. The van der Waals surface area contributed by atoms with Gasteiger partial charge < -0.3 is 20.5 Å². The molecule has 0 radical (unpaired) electrons. The number of hydrogen-bond acceptors (Lipinski definition) is 5. The highest BCUT2D eigenvalue weighted by atomic mass is 16.6. The number of nitro groups is 1. The summed E-state index contributed by atoms with van der Waals surface area (Å²) in [6.07, 6.45) is 0.513. The summed E-state index contributed by atoms with van der Waals surface area (Å²) in [7, 11) is 0. The van der Waals surface area contributed by atoms with Crippen molar-refractivity contribution in [3.63, 3.8) is 0 Å². The predicted molar refractivity (Wildman–Crippen MR) is 58.9 cm³/mol. The van der Waals surface area contributed by atoms with Crippen LogP contribution in [0.4, 0.5) is 5.82 Å². The second kappa shape index (κ2) is 5.75. The fourth-order valence-corrected chi connectivity index (χ4v) is 1.39. The molecular formula is C9H12N4O5. The number of carbonyl (C=O) groups is 2. The van der Waals surface area contributed by atoms with Gasteiger partial charge in [-0.2, -0.15) is 0 Å². The van der Waals surface area contributed by atoms with Crippen LogP contribution < -0.4 is 5.32 Å².